The number of nitrogens with zero attached hydrogens (tertiary/aromatic N) is 3. The number of hydrogen-bond acceptors (Lipinski definition) is 3. The first kappa shape index (κ1) is 17.1. The molecular weight excluding hydrogens is 320 g/mol. The molecule has 0 spiro atoms. The fourth-order valence-corrected chi connectivity index (χ4v) is 4.07. The summed E-state index contributed by atoms with van der Waals surface area (Å²) in [6.45, 7) is 7.27. The van der Waals surface area contributed by atoms with Crippen LogP contribution in [0.25, 0.3) is 16.8 Å². The molecule has 2 heterocycles. The van der Waals surface area contributed by atoms with E-state index in [-0.39, 0.29) is 0 Å². The summed E-state index contributed by atoms with van der Waals surface area (Å²) >= 11 is 0. The molecule has 26 heavy (non-hydrogen) atoms. The van der Waals surface area contributed by atoms with E-state index in [9.17, 15) is 0 Å². The second-order valence-electron chi connectivity index (χ2n) is 7.73. The summed E-state index contributed by atoms with van der Waals surface area (Å²) in [4.78, 5) is 4.81. The van der Waals surface area contributed by atoms with Crippen LogP contribution in [0.2, 0.25) is 0 Å². The van der Waals surface area contributed by atoms with Crippen molar-refractivity contribution >= 4 is 11.5 Å². The summed E-state index contributed by atoms with van der Waals surface area (Å²) in [5.74, 6) is 1.83. The summed E-state index contributed by atoms with van der Waals surface area (Å²) in [5, 5.41) is 8.47. The van der Waals surface area contributed by atoms with E-state index in [4.69, 9.17) is 10.1 Å². The van der Waals surface area contributed by atoms with Gasteiger partial charge in [0.15, 0.2) is 5.65 Å². The number of rotatable bonds is 4. The van der Waals surface area contributed by atoms with Crippen LogP contribution in [0, 0.1) is 26.7 Å². The average molecular weight is 348 g/mol. The second-order valence-corrected chi connectivity index (χ2v) is 7.73. The zero-order chi connectivity index (χ0) is 18.1. The highest BCUT2D eigenvalue weighted by Crippen LogP contribution is 2.30. The number of nitrogens with one attached hydrogen (secondary N) is 1. The van der Waals surface area contributed by atoms with Gasteiger partial charge in [-0.15, -0.1) is 0 Å². The van der Waals surface area contributed by atoms with Crippen LogP contribution in [-0.2, 0) is 0 Å². The number of benzene rings is 1. The fraction of sp³-hybridized carbons (Fsp3) is 0.455. The largest absolute Gasteiger partial charge is 0.370 e. The Morgan fingerprint density at radius 1 is 1.04 bits per heavy atom. The Bertz CT molecular complexity index is 902. The summed E-state index contributed by atoms with van der Waals surface area (Å²) in [6, 6.07) is 10.7. The van der Waals surface area contributed by atoms with Gasteiger partial charge in [0.1, 0.15) is 5.82 Å². The van der Waals surface area contributed by atoms with Gasteiger partial charge in [-0.05, 0) is 45.1 Å². The van der Waals surface area contributed by atoms with Crippen molar-refractivity contribution in [1.29, 1.82) is 0 Å². The summed E-state index contributed by atoms with van der Waals surface area (Å²) < 4.78 is 1.99. The van der Waals surface area contributed by atoms with Crippen LogP contribution in [0.1, 0.15) is 49.1 Å². The van der Waals surface area contributed by atoms with E-state index >= 15 is 0 Å². The first-order valence-corrected chi connectivity index (χ1v) is 9.80. The van der Waals surface area contributed by atoms with Crippen LogP contribution in [0.5, 0.6) is 0 Å². The predicted molar refractivity (Wildman–Crippen MR) is 108 cm³/mol. The fourth-order valence-electron chi connectivity index (χ4n) is 4.07. The maximum absolute atomic E-state index is 4.81. The van der Waals surface area contributed by atoms with Crippen LogP contribution < -0.4 is 5.32 Å². The molecule has 0 saturated heterocycles. The van der Waals surface area contributed by atoms with Crippen LogP contribution >= 0.6 is 0 Å². The molecule has 4 nitrogen and oxygen atoms in total. The normalized spacial score (nSPS) is 15.5. The van der Waals surface area contributed by atoms with Gasteiger partial charge in [0.2, 0.25) is 0 Å². The SMILES string of the molecule is Cc1ccc(-c2c(C)nn3c(NCC4CCCCC4)cc(C)nc23)cc1. The number of anilines is 1. The lowest BCUT2D eigenvalue weighted by atomic mass is 9.89. The van der Waals surface area contributed by atoms with Crippen molar-refractivity contribution in [2.75, 3.05) is 11.9 Å². The van der Waals surface area contributed by atoms with Gasteiger partial charge in [0.05, 0.1) is 5.69 Å². The van der Waals surface area contributed by atoms with Crippen molar-refractivity contribution in [3.8, 4) is 11.1 Å². The van der Waals surface area contributed by atoms with Gasteiger partial charge in [-0.1, -0.05) is 49.1 Å². The Morgan fingerprint density at radius 2 is 1.77 bits per heavy atom. The van der Waals surface area contributed by atoms with Gasteiger partial charge in [-0.2, -0.15) is 9.61 Å². The molecule has 0 aliphatic heterocycles. The summed E-state index contributed by atoms with van der Waals surface area (Å²) in [6.07, 6.45) is 6.82. The van der Waals surface area contributed by atoms with E-state index in [0.717, 1.165) is 40.9 Å². The second kappa shape index (κ2) is 7.10. The Balaban J connectivity index is 1.70. The molecule has 1 aliphatic carbocycles. The molecule has 1 aliphatic rings. The molecule has 136 valence electrons. The van der Waals surface area contributed by atoms with Gasteiger partial charge in [-0.3, -0.25) is 0 Å². The van der Waals surface area contributed by atoms with Gasteiger partial charge < -0.3 is 5.32 Å². The van der Waals surface area contributed by atoms with Crippen LogP contribution in [0.3, 0.4) is 0 Å². The monoisotopic (exact) mass is 348 g/mol. The average Bonchev–Trinajstić information content (AvgIpc) is 2.97. The molecule has 0 radical (unpaired) electrons. The van der Waals surface area contributed by atoms with E-state index in [0.29, 0.717) is 0 Å². The topological polar surface area (TPSA) is 42.2 Å². The van der Waals surface area contributed by atoms with E-state index in [1.807, 2.05) is 4.52 Å². The minimum absolute atomic E-state index is 0.778. The number of fused-ring (bicyclic) bond motifs is 1. The first-order chi connectivity index (χ1) is 12.6. The highest BCUT2D eigenvalue weighted by molar-refractivity contribution is 5.81. The third-order valence-corrected chi connectivity index (χ3v) is 5.53. The van der Waals surface area contributed by atoms with Crippen LogP contribution in [0.4, 0.5) is 5.82 Å². The molecule has 2 aromatic heterocycles. The van der Waals surface area contributed by atoms with Crippen molar-refractivity contribution < 1.29 is 0 Å². The molecule has 1 N–H and O–H groups in total. The molecule has 3 aromatic rings. The van der Waals surface area contributed by atoms with E-state index in [2.05, 4.69) is 56.4 Å². The van der Waals surface area contributed by atoms with Crippen molar-refractivity contribution in [3.05, 3.63) is 47.3 Å². The minimum Gasteiger partial charge on any atom is -0.370 e. The maximum Gasteiger partial charge on any atom is 0.165 e. The van der Waals surface area contributed by atoms with Crippen molar-refractivity contribution in [3.63, 3.8) is 0 Å². The molecule has 0 unspecified atom stereocenters. The first-order valence-electron chi connectivity index (χ1n) is 9.80. The smallest absolute Gasteiger partial charge is 0.165 e. The Kier molecular flexibility index (Phi) is 4.66. The van der Waals surface area contributed by atoms with Gasteiger partial charge in [0, 0.05) is 23.9 Å². The molecule has 4 rings (SSSR count). The van der Waals surface area contributed by atoms with Gasteiger partial charge in [-0.25, -0.2) is 4.98 Å². The van der Waals surface area contributed by atoms with Crippen LogP contribution in [-0.4, -0.2) is 21.1 Å². The van der Waals surface area contributed by atoms with E-state index in [1.54, 1.807) is 0 Å². The zero-order valence-electron chi connectivity index (χ0n) is 16.0. The Labute approximate surface area is 155 Å². The van der Waals surface area contributed by atoms with Gasteiger partial charge in [0.25, 0.3) is 0 Å². The lowest BCUT2D eigenvalue weighted by Gasteiger charge is -2.22. The van der Waals surface area contributed by atoms with Crippen molar-refractivity contribution in [1.82, 2.24) is 14.6 Å². The molecule has 0 amide bonds. The number of hydrogen-bond donors (Lipinski definition) is 1. The highest BCUT2D eigenvalue weighted by atomic mass is 15.3. The number of aryl methyl sites for hydroxylation is 3. The zero-order valence-corrected chi connectivity index (χ0v) is 16.0. The van der Waals surface area contributed by atoms with E-state index < -0.39 is 0 Å². The Morgan fingerprint density at radius 3 is 2.50 bits per heavy atom. The van der Waals surface area contributed by atoms with Gasteiger partial charge >= 0.3 is 0 Å². The molecule has 4 heteroatoms. The lowest BCUT2D eigenvalue weighted by Crippen LogP contribution is -2.18. The van der Waals surface area contributed by atoms with Crippen molar-refractivity contribution in [2.45, 2.75) is 52.9 Å². The summed E-state index contributed by atoms with van der Waals surface area (Å²) in [5.41, 5.74) is 6.57. The quantitative estimate of drug-likeness (QED) is 0.694. The molecule has 0 atom stereocenters. The molecule has 1 aromatic carbocycles. The molecular formula is C22H28N4. The standard InChI is InChI=1S/C22H28N4/c1-15-9-11-19(12-10-15)21-17(3)25-26-20(13-16(2)24-22(21)26)23-14-18-7-5-4-6-8-18/h9-13,18,23H,4-8,14H2,1-3H3. The lowest BCUT2D eigenvalue weighted by molar-refractivity contribution is 0.373. The van der Waals surface area contributed by atoms with Crippen LogP contribution in [0.15, 0.2) is 30.3 Å². The number of aromatic nitrogens is 3. The Hall–Kier alpha value is -2.36. The van der Waals surface area contributed by atoms with E-state index in [1.165, 1.54) is 43.2 Å². The molecule has 1 fully saturated rings. The summed E-state index contributed by atoms with van der Waals surface area (Å²) in [7, 11) is 0. The predicted octanol–water partition coefficient (Wildman–Crippen LogP) is 5.31. The minimum atomic E-state index is 0.778. The molecule has 0 bridgehead atoms. The maximum atomic E-state index is 4.81. The third-order valence-electron chi connectivity index (χ3n) is 5.53. The highest BCUT2D eigenvalue weighted by Gasteiger charge is 2.17. The van der Waals surface area contributed by atoms with Crippen molar-refractivity contribution in [2.24, 2.45) is 5.92 Å². The molecule has 1 saturated carbocycles. The third kappa shape index (κ3) is 3.33.